The third-order valence-electron chi connectivity index (χ3n) is 3.00. The van der Waals surface area contributed by atoms with E-state index in [0.29, 0.717) is 11.4 Å². The third-order valence-corrected chi connectivity index (χ3v) is 3.00. The van der Waals surface area contributed by atoms with E-state index in [-0.39, 0.29) is 23.2 Å². The number of ketones is 2. The van der Waals surface area contributed by atoms with Gasteiger partial charge in [-0.15, -0.1) is 0 Å². The summed E-state index contributed by atoms with van der Waals surface area (Å²) < 4.78 is 0. The van der Waals surface area contributed by atoms with E-state index in [4.69, 9.17) is 5.73 Å². The molecule has 1 aliphatic rings. The molecule has 1 aromatic carbocycles. The second kappa shape index (κ2) is 5.13. The van der Waals surface area contributed by atoms with Gasteiger partial charge in [-0.3, -0.25) is 19.3 Å². The van der Waals surface area contributed by atoms with E-state index in [1.54, 1.807) is 25.1 Å². The van der Waals surface area contributed by atoms with Gasteiger partial charge >= 0.3 is 0 Å². The van der Waals surface area contributed by atoms with Crippen molar-refractivity contribution in [3.8, 4) is 0 Å². The Bertz CT molecular complexity index is 672. The summed E-state index contributed by atoms with van der Waals surface area (Å²) in [6, 6.07) is 5.00. The Morgan fingerprint density at radius 3 is 2.50 bits per heavy atom. The molecular formula is C15H14N2O3. The molecule has 0 heterocycles. The number of aryl methyl sites for hydroxylation is 1. The first-order valence-electron chi connectivity index (χ1n) is 6.05. The molecule has 0 aromatic heterocycles. The van der Waals surface area contributed by atoms with Crippen LogP contribution in [-0.2, 0) is 14.4 Å². The Balaban J connectivity index is 2.52. The van der Waals surface area contributed by atoms with E-state index in [1.807, 2.05) is 0 Å². The van der Waals surface area contributed by atoms with Gasteiger partial charge in [0.25, 0.3) is 0 Å². The van der Waals surface area contributed by atoms with Crippen LogP contribution in [0.25, 0.3) is 0 Å². The lowest BCUT2D eigenvalue weighted by Gasteiger charge is -2.24. The third kappa shape index (κ3) is 2.51. The van der Waals surface area contributed by atoms with Crippen LogP contribution in [0.15, 0.2) is 42.1 Å². The smallest absolute Gasteiger partial charge is 0.228 e. The first-order chi connectivity index (χ1) is 9.40. The van der Waals surface area contributed by atoms with Crippen molar-refractivity contribution < 1.29 is 14.4 Å². The minimum atomic E-state index is -0.380. The highest BCUT2D eigenvalue weighted by Gasteiger charge is 2.24. The number of hydrogen-bond donors (Lipinski definition) is 1. The van der Waals surface area contributed by atoms with Crippen LogP contribution in [0.4, 0.5) is 11.4 Å². The van der Waals surface area contributed by atoms with Gasteiger partial charge in [-0.2, -0.15) is 0 Å². The summed E-state index contributed by atoms with van der Waals surface area (Å²) in [4.78, 5) is 36.4. The van der Waals surface area contributed by atoms with Crippen LogP contribution in [-0.4, -0.2) is 17.5 Å². The fourth-order valence-corrected chi connectivity index (χ4v) is 1.96. The van der Waals surface area contributed by atoms with Gasteiger partial charge in [0.15, 0.2) is 5.78 Å². The van der Waals surface area contributed by atoms with Crippen molar-refractivity contribution >= 4 is 28.8 Å². The van der Waals surface area contributed by atoms with Crippen LogP contribution in [0.3, 0.4) is 0 Å². The van der Waals surface area contributed by atoms with E-state index in [2.05, 4.69) is 0 Å². The highest BCUT2D eigenvalue weighted by molar-refractivity contribution is 6.21. The van der Waals surface area contributed by atoms with E-state index < -0.39 is 0 Å². The molecule has 5 heteroatoms. The van der Waals surface area contributed by atoms with Crippen LogP contribution in [0, 0.1) is 6.92 Å². The van der Waals surface area contributed by atoms with Crippen LogP contribution in [0.2, 0.25) is 0 Å². The molecule has 1 aromatic rings. The average molecular weight is 270 g/mol. The predicted octanol–water partition coefficient (Wildman–Crippen LogP) is 1.52. The van der Waals surface area contributed by atoms with Crippen molar-refractivity contribution in [2.45, 2.75) is 13.8 Å². The number of hydrogen-bond acceptors (Lipinski definition) is 4. The molecule has 20 heavy (non-hydrogen) atoms. The van der Waals surface area contributed by atoms with Crippen molar-refractivity contribution in [1.82, 2.24) is 0 Å². The summed E-state index contributed by atoms with van der Waals surface area (Å²) in [5.41, 5.74) is 7.68. The van der Waals surface area contributed by atoms with Gasteiger partial charge in [0, 0.05) is 24.4 Å². The number of carbonyl (C=O) groups excluding carboxylic acids is 3. The lowest BCUT2D eigenvalue weighted by Crippen LogP contribution is -2.33. The molecule has 0 radical (unpaired) electrons. The van der Waals surface area contributed by atoms with Crippen molar-refractivity contribution in [3.63, 3.8) is 0 Å². The maximum atomic E-state index is 11.9. The number of nitrogen functional groups attached to an aromatic ring is 1. The zero-order valence-electron chi connectivity index (χ0n) is 11.2. The normalized spacial score (nSPS) is 14.2. The lowest BCUT2D eigenvalue weighted by molar-refractivity contribution is -0.118. The lowest BCUT2D eigenvalue weighted by atomic mass is 10.1. The fourth-order valence-electron chi connectivity index (χ4n) is 1.96. The zero-order chi connectivity index (χ0) is 14.9. The topological polar surface area (TPSA) is 80.5 Å². The second-order valence-corrected chi connectivity index (χ2v) is 4.52. The van der Waals surface area contributed by atoms with Crippen molar-refractivity contribution in [1.29, 1.82) is 0 Å². The van der Waals surface area contributed by atoms with Crippen LogP contribution >= 0.6 is 0 Å². The number of anilines is 2. The molecule has 0 saturated carbocycles. The first kappa shape index (κ1) is 13.7. The summed E-state index contributed by atoms with van der Waals surface area (Å²) in [5, 5.41) is 0. The SMILES string of the molecule is CC(=O)N(C1=CC(=O)C=CC1=O)c1ccc(N)c(C)c1. The number of allylic oxidation sites excluding steroid dienone is 3. The summed E-state index contributed by atoms with van der Waals surface area (Å²) >= 11 is 0. The molecule has 0 saturated heterocycles. The average Bonchev–Trinajstić information content (AvgIpc) is 2.38. The van der Waals surface area contributed by atoms with Crippen molar-refractivity contribution in [2.75, 3.05) is 10.6 Å². The maximum absolute atomic E-state index is 11.9. The molecule has 0 fully saturated rings. The summed E-state index contributed by atoms with van der Waals surface area (Å²) in [6.45, 7) is 3.14. The van der Waals surface area contributed by atoms with Gasteiger partial charge in [0.05, 0.1) is 0 Å². The number of amides is 1. The number of rotatable bonds is 2. The predicted molar refractivity (Wildman–Crippen MR) is 76.0 cm³/mol. The van der Waals surface area contributed by atoms with E-state index in [9.17, 15) is 14.4 Å². The number of nitrogens with two attached hydrogens (primary N) is 1. The molecular weight excluding hydrogens is 256 g/mol. The van der Waals surface area contributed by atoms with Crippen LogP contribution in [0.5, 0.6) is 0 Å². The number of nitrogens with zero attached hydrogens (tertiary/aromatic N) is 1. The maximum Gasteiger partial charge on any atom is 0.228 e. The van der Waals surface area contributed by atoms with Gasteiger partial charge in [0.2, 0.25) is 11.7 Å². The number of carbonyl (C=O) groups is 3. The summed E-state index contributed by atoms with van der Waals surface area (Å²) in [7, 11) is 0. The highest BCUT2D eigenvalue weighted by atomic mass is 16.2. The highest BCUT2D eigenvalue weighted by Crippen LogP contribution is 2.25. The molecule has 0 bridgehead atoms. The molecule has 1 amide bonds. The molecule has 2 N–H and O–H groups in total. The minimum Gasteiger partial charge on any atom is -0.399 e. The summed E-state index contributed by atoms with van der Waals surface area (Å²) in [6.07, 6.45) is 3.51. The largest absolute Gasteiger partial charge is 0.399 e. The number of benzene rings is 1. The molecule has 2 rings (SSSR count). The Morgan fingerprint density at radius 2 is 1.90 bits per heavy atom. The minimum absolute atomic E-state index is 0.0502. The standard InChI is InChI=1S/C15H14N2O3/c1-9-7-11(3-5-13(9)16)17(10(2)18)14-8-12(19)4-6-15(14)20/h3-8H,16H2,1-2H3. The van der Waals surface area contributed by atoms with E-state index >= 15 is 0 Å². The molecule has 0 aliphatic heterocycles. The van der Waals surface area contributed by atoms with E-state index in [1.165, 1.54) is 17.9 Å². The van der Waals surface area contributed by atoms with Crippen LogP contribution < -0.4 is 10.6 Å². The molecule has 0 unspecified atom stereocenters. The van der Waals surface area contributed by atoms with Gasteiger partial charge in [-0.05, 0) is 42.8 Å². The van der Waals surface area contributed by atoms with Gasteiger partial charge in [0.1, 0.15) is 5.70 Å². The monoisotopic (exact) mass is 270 g/mol. The Morgan fingerprint density at radius 1 is 1.20 bits per heavy atom. The fraction of sp³-hybridized carbons (Fsp3) is 0.133. The first-order valence-corrected chi connectivity index (χ1v) is 6.05. The zero-order valence-corrected chi connectivity index (χ0v) is 11.2. The van der Waals surface area contributed by atoms with Gasteiger partial charge in [-0.1, -0.05) is 0 Å². The quantitative estimate of drug-likeness (QED) is 0.652. The summed E-state index contributed by atoms with van der Waals surface area (Å²) in [5.74, 6) is -1.05. The molecule has 0 atom stereocenters. The molecule has 5 nitrogen and oxygen atoms in total. The second-order valence-electron chi connectivity index (χ2n) is 4.52. The molecule has 102 valence electrons. The van der Waals surface area contributed by atoms with Gasteiger partial charge < -0.3 is 5.73 Å². The Hall–Kier alpha value is -2.69. The molecule has 1 aliphatic carbocycles. The molecule has 0 spiro atoms. The van der Waals surface area contributed by atoms with Gasteiger partial charge in [-0.25, -0.2) is 0 Å². The van der Waals surface area contributed by atoms with Crippen molar-refractivity contribution in [3.05, 3.63) is 47.7 Å². The van der Waals surface area contributed by atoms with Crippen LogP contribution in [0.1, 0.15) is 12.5 Å². The Labute approximate surface area is 116 Å². The van der Waals surface area contributed by atoms with E-state index in [0.717, 1.165) is 17.7 Å². The Kier molecular flexibility index (Phi) is 3.52. The van der Waals surface area contributed by atoms with Crippen molar-refractivity contribution in [2.24, 2.45) is 0 Å².